The predicted molar refractivity (Wildman–Crippen MR) is 67.5 cm³/mol. The Balaban J connectivity index is 1.84. The zero-order valence-corrected chi connectivity index (χ0v) is 9.86. The number of aromatic amines is 1. The number of amides is 1. The Hall–Kier alpha value is -2.03. The highest BCUT2D eigenvalue weighted by atomic mass is 16.1. The van der Waals surface area contributed by atoms with E-state index in [1.54, 1.807) is 0 Å². The molecule has 17 heavy (non-hydrogen) atoms. The van der Waals surface area contributed by atoms with E-state index in [9.17, 15) is 4.79 Å². The van der Waals surface area contributed by atoms with Gasteiger partial charge in [-0.1, -0.05) is 29.8 Å². The maximum absolute atomic E-state index is 11.6. The molecular formula is C14H16N2O. The quantitative estimate of drug-likeness (QED) is 0.827. The van der Waals surface area contributed by atoms with Crippen molar-refractivity contribution < 1.29 is 4.79 Å². The Morgan fingerprint density at radius 3 is 2.88 bits per heavy atom. The van der Waals surface area contributed by atoms with Gasteiger partial charge in [0.05, 0.1) is 6.42 Å². The van der Waals surface area contributed by atoms with Crippen LogP contribution in [0.3, 0.4) is 0 Å². The molecular weight excluding hydrogens is 212 g/mol. The van der Waals surface area contributed by atoms with Gasteiger partial charge in [-0.15, -0.1) is 0 Å². The molecule has 2 rings (SSSR count). The van der Waals surface area contributed by atoms with E-state index < -0.39 is 0 Å². The number of aryl methyl sites for hydroxylation is 1. The Morgan fingerprint density at radius 2 is 2.18 bits per heavy atom. The number of carbonyl (C=O) groups is 1. The number of carbonyl (C=O) groups excluding carboxylic acids is 1. The predicted octanol–water partition coefficient (Wildman–Crippen LogP) is 2.18. The number of hydrogen-bond acceptors (Lipinski definition) is 1. The second-order valence-corrected chi connectivity index (χ2v) is 4.16. The van der Waals surface area contributed by atoms with E-state index in [0.717, 1.165) is 11.1 Å². The van der Waals surface area contributed by atoms with Crippen molar-refractivity contribution in [1.82, 2.24) is 10.3 Å². The first-order valence-electron chi connectivity index (χ1n) is 5.68. The molecule has 0 radical (unpaired) electrons. The summed E-state index contributed by atoms with van der Waals surface area (Å²) in [5.74, 6) is 0.0473. The van der Waals surface area contributed by atoms with E-state index in [0.29, 0.717) is 13.0 Å². The van der Waals surface area contributed by atoms with Crippen LogP contribution < -0.4 is 5.32 Å². The molecule has 0 saturated heterocycles. The van der Waals surface area contributed by atoms with Gasteiger partial charge in [0.15, 0.2) is 0 Å². The third-order valence-electron chi connectivity index (χ3n) is 2.60. The standard InChI is InChI=1S/C14H16N2O/c1-11-3-2-4-12(7-11)10-16-14(17)8-13-5-6-15-9-13/h2-7,9,15H,8,10H2,1H3,(H,16,17). The molecule has 88 valence electrons. The minimum absolute atomic E-state index is 0.0473. The van der Waals surface area contributed by atoms with Gasteiger partial charge in [0, 0.05) is 18.9 Å². The first kappa shape index (κ1) is 11.5. The third kappa shape index (κ3) is 3.48. The fraction of sp³-hybridized carbons (Fsp3) is 0.214. The summed E-state index contributed by atoms with van der Waals surface area (Å²) in [6, 6.07) is 10.1. The molecule has 3 nitrogen and oxygen atoms in total. The summed E-state index contributed by atoms with van der Waals surface area (Å²) in [5.41, 5.74) is 3.35. The van der Waals surface area contributed by atoms with E-state index in [1.165, 1.54) is 5.56 Å². The molecule has 0 aliphatic carbocycles. The monoisotopic (exact) mass is 228 g/mol. The smallest absolute Gasteiger partial charge is 0.224 e. The maximum atomic E-state index is 11.6. The molecule has 2 N–H and O–H groups in total. The summed E-state index contributed by atoms with van der Waals surface area (Å²) in [7, 11) is 0. The van der Waals surface area contributed by atoms with Crippen molar-refractivity contribution in [2.24, 2.45) is 0 Å². The molecule has 0 bridgehead atoms. The van der Waals surface area contributed by atoms with Gasteiger partial charge in [-0.3, -0.25) is 4.79 Å². The Labute approximate surface area is 101 Å². The van der Waals surface area contributed by atoms with Crippen LogP contribution in [-0.2, 0) is 17.8 Å². The van der Waals surface area contributed by atoms with Crippen molar-refractivity contribution in [2.75, 3.05) is 0 Å². The maximum Gasteiger partial charge on any atom is 0.224 e. The Morgan fingerprint density at radius 1 is 1.29 bits per heavy atom. The van der Waals surface area contributed by atoms with Crippen LogP contribution in [0.4, 0.5) is 0 Å². The molecule has 0 aliphatic rings. The van der Waals surface area contributed by atoms with Crippen molar-refractivity contribution in [3.63, 3.8) is 0 Å². The molecule has 0 spiro atoms. The minimum Gasteiger partial charge on any atom is -0.367 e. The fourth-order valence-electron chi connectivity index (χ4n) is 1.74. The van der Waals surface area contributed by atoms with Crippen LogP contribution in [0.5, 0.6) is 0 Å². The highest BCUT2D eigenvalue weighted by Gasteiger charge is 2.03. The van der Waals surface area contributed by atoms with E-state index in [2.05, 4.69) is 16.4 Å². The van der Waals surface area contributed by atoms with Crippen LogP contribution >= 0.6 is 0 Å². The van der Waals surface area contributed by atoms with Crippen molar-refractivity contribution >= 4 is 5.91 Å². The van der Waals surface area contributed by atoms with E-state index in [-0.39, 0.29) is 5.91 Å². The number of benzene rings is 1. The summed E-state index contributed by atoms with van der Waals surface area (Å²) in [5, 5.41) is 2.91. The lowest BCUT2D eigenvalue weighted by Crippen LogP contribution is -2.24. The van der Waals surface area contributed by atoms with Crippen molar-refractivity contribution in [3.8, 4) is 0 Å². The highest BCUT2D eigenvalue weighted by molar-refractivity contribution is 5.78. The van der Waals surface area contributed by atoms with Gasteiger partial charge in [-0.05, 0) is 24.1 Å². The van der Waals surface area contributed by atoms with E-state index in [1.807, 2.05) is 43.6 Å². The first-order valence-corrected chi connectivity index (χ1v) is 5.68. The van der Waals surface area contributed by atoms with Gasteiger partial charge in [-0.25, -0.2) is 0 Å². The van der Waals surface area contributed by atoms with Crippen LogP contribution in [0.25, 0.3) is 0 Å². The van der Waals surface area contributed by atoms with Gasteiger partial charge in [0.1, 0.15) is 0 Å². The van der Waals surface area contributed by atoms with E-state index in [4.69, 9.17) is 0 Å². The van der Waals surface area contributed by atoms with Gasteiger partial charge in [0.2, 0.25) is 5.91 Å². The zero-order chi connectivity index (χ0) is 12.1. The molecule has 0 unspecified atom stereocenters. The summed E-state index contributed by atoms with van der Waals surface area (Å²) >= 11 is 0. The molecule has 0 aliphatic heterocycles. The normalized spacial score (nSPS) is 10.2. The van der Waals surface area contributed by atoms with Crippen molar-refractivity contribution in [3.05, 3.63) is 59.4 Å². The van der Waals surface area contributed by atoms with Gasteiger partial charge < -0.3 is 10.3 Å². The van der Waals surface area contributed by atoms with Crippen LogP contribution in [0.2, 0.25) is 0 Å². The average molecular weight is 228 g/mol. The SMILES string of the molecule is Cc1cccc(CNC(=O)Cc2cc[nH]c2)c1. The van der Waals surface area contributed by atoms with Gasteiger partial charge in [-0.2, -0.15) is 0 Å². The molecule has 1 heterocycles. The second-order valence-electron chi connectivity index (χ2n) is 4.16. The van der Waals surface area contributed by atoms with Crippen molar-refractivity contribution in [2.45, 2.75) is 19.9 Å². The number of hydrogen-bond donors (Lipinski definition) is 2. The molecule has 0 fully saturated rings. The molecule has 0 atom stereocenters. The van der Waals surface area contributed by atoms with E-state index >= 15 is 0 Å². The van der Waals surface area contributed by atoms with Gasteiger partial charge >= 0.3 is 0 Å². The average Bonchev–Trinajstić information content (AvgIpc) is 2.79. The topological polar surface area (TPSA) is 44.9 Å². The fourth-order valence-corrected chi connectivity index (χ4v) is 1.74. The number of nitrogens with one attached hydrogen (secondary N) is 2. The number of rotatable bonds is 4. The summed E-state index contributed by atoms with van der Waals surface area (Å²) in [6.07, 6.45) is 4.09. The lowest BCUT2D eigenvalue weighted by molar-refractivity contribution is -0.120. The molecule has 1 aromatic heterocycles. The Kier molecular flexibility index (Phi) is 3.60. The zero-order valence-electron chi connectivity index (χ0n) is 9.86. The highest BCUT2D eigenvalue weighted by Crippen LogP contribution is 2.03. The lowest BCUT2D eigenvalue weighted by atomic mass is 10.1. The molecule has 0 saturated carbocycles. The second kappa shape index (κ2) is 5.34. The van der Waals surface area contributed by atoms with Crippen LogP contribution in [0.15, 0.2) is 42.7 Å². The first-order chi connectivity index (χ1) is 8.24. The molecule has 1 amide bonds. The van der Waals surface area contributed by atoms with Crippen LogP contribution in [-0.4, -0.2) is 10.9 Å². The van der Waals surface area contributed by atoms with Crippen LogP contribution in [0, 0.1) is 6.92 Å². The summed E-state index contributed by atoms with van der Waals surface area (Å²) < 4.78 is 0. The Bertz CT molecular complexity index is 489. The molecule has 2 aromatic rings. The number of aromatic nitrogens is 1. The van der Waals surface area contributed by atoms with Gasteiger partial charge in [0.25, 0.3) is 0 Å². The van der Waals surface area contributed by atoms with Crippen LogP contribution in [0.1, 0.15) is 16.7 Å². The third-order valence-corrected chi connectivity index (χ3v) is 2.60. The lowest BCUT2D eigenvalue weighted by Gasteiger charge is -2.05. The summed E-state index contributed by atoms with van der Waals surface area (Å²) in [4.78, 5) is 14.6. The van der Waals surface area contributed by atoms with Crippen molar-refractivity contribution in [1.29, 1.82) is 0 Å². The summed E-state index contributed by atoms with van der Waals surface area (Å²) in [6.45, 7) is 2.63. The largest absolute Gasteiger partial charge is 0.367 e. The molecule has 3 heteroatoms. The molecule has 1 aromatic carbocycles. The number of H-pyrrole nitrogens is 1. The minimum atomic E-state index is 0.0473.